The van der Waals surface area contributed by atoms with E-state index < -0.39 is 75.7 Å². The summed E-state index contributed by atoms with van der Waals surface area (Å²) in [4.78, 5) is 36.0. The topological polar surface area (TPSA) is 210 Å². The standard InChI is InChI=1S/C56H109O13P/c1-3-5-7-9-11-13-15-17-19-21-22-23-24-25-26-27-29-31-33-35-37-39-41-43-45-50(58)68-48(47-67-70(64,65)69-56-54(62)52(60)51(59)53(61)55(56)63)46-66-49(57)44-42-40-38-36-34-32-30-28-20-18-16-14-12-10-8-6-4-2/h48,51-56,59-63H,3-47H2,1-2H3,(H,64,65). The third-order valence-electron chi connectivity index (χ3n) is 14.2. The second-order valence-corrected chi connectivity index (χ2v) is 22.3. The average Bonchev–Trinajstić information content (AvgIpc) is 3.34. The van der Waals surface area contributed by atoms with Crippen LogP contribution in [0.3, 0.4) is 0 Å². The molecule has 14 heteroatoms. The molecule has 0 bridgehead atoms. The number of carbonyl (C=O) groups is 2. The van der Waals surface area contributed by atoms with Gasteiger partial charge in [0.2, 0.25) is 0 Å². The van der Waals surface area contributed by atoms with Crippen LogP contribution in [0.25, 0.3) is 0 Å². The number of ether oxygens (including phenoxy) is 2. The van der Waals surface area contributed by atoms with Crippen molar-refractivity contribution >= 4 is 19.8 Å². The van der Waals surface area contributed by atoms with Gasteiger partial charge in [0.1, 0.15) is 43.2 Å². The van der Waals surface area contributed by atoms with E-state index in [-0.39, 0.29) is 12.8 Å². The number of unbranched alkanes of at least 4 members (excludes halogenated alkanes) is 39. The fourth-order valence-corrected chi connectivity index (χ4v) is 10.5. The van der Waals surface area contributed by atoms with Crippen molar-refractivity contribution in [1.82, 2.24) is 0 Å². The third kappa shape index (κ3) is 37.6. The number of phosphoric acid groups is 1. The Bertz CT molecular complexity index is 1230. The van der Waals surface area contributed by atoms with Crippen molar-refractivity contribution in [2.24, 2.45) is 0 Å². The molecule has 0 spiro atoms. The van der Waals surface area contributed by atoms with Gasteiger partial charge in [0, 0.05) is 12.8 Å². The van der Waals surface area contributed by atoms with Gasteiger partial charge in [-0.15, -0.1) is 0 Å². The summed E-state index contributed by atoms with van der Waals surface area (Å²) in [6.45, 7) is 3.38. The molecule has 0 heterocycles. The summed E-state index contributed by atoms with van der Waals surface area (Å²) in [6, 6.07) is 0. The first-order chi connectivity index (χ1) is 33.9. The van der Waals surface area contributed by atoms with E-state index >= 15 is 0 Å². The average molecular weight is 1020 g/mol. The van der Waals surface area contributed by atoms with Gasteiger partial charge < -0.3 is 39.9 Å². The minimum atomic E-state index is -5.12. The molecule has 416 valence electrons. The summed E-state index contributed by atoms with van der Waals surface area (Å²) in [5, 5.41) is 50.4. The molecule has 6 unspecified atom stereocenters. The van der Waals surface area contributed by atoms with Gasteiger partial charge >= 0.3 is 19.8 Å². The summed E-state index contributed by atoms with van der Waals surface area (Å²) in [5.41, 5.74) is 0. The van der Waals surface area contributed by atoms with E-state index in [4.69, 9.17) is 18.5 Å². The third-order valence-corrected chi connectivity index (χ3v) is 15.2. The van der Waals surface area contributed by atoms with E-state index in [1.165, 1.54) is 212 Å². The Kier molecular flexibility index (Phi) is 44.3. The number of esters is 2. The smallest absolute Gasteiger partial charge is 0.462 e. The molecule has 6 atom stereocenters. The van der Waals surface area contributed by atoms with Gasteiger partial charge in [-0.1, -0.05) is 264 Å². The molecule has 6 N–H and O–H groups in total. The Labute approximate surface area is 427 Å². The number of phosphoric ester groups is 1. The normalized spacial score (nSPS) is 20.6. The monoisotopic (exact) mass is 1020 g/mol. The Morgan fingerprint density at radius 1 is 0.386 bits per heavy atom. The van der Waals surface area contributed by atoms with Gasteiger partial charge in [-0.3, -0.25) is 18.6 Å². The minimum absolute atomic E-state index is 0.106. The molecule has 0 aromatic carbocycles. The van der Waals surface area contributed by atoms with Gasteiger partial charge in [0.05, 0.1) is 6.61 Å². The van der Waals surface area contributed by atoms with Crippen LogP contribution in [0.1, 0.15) is 290 Å². The summed E-state index contributed by atoms with van der Waals surface area (Å²) in [6.07, 6.45) is 38.7. The molecular weight excluding hydrogens is 912 g/mol. The molecule has 70 heavy (non-hydrogen) atoms. The van der Waals surface area contributed by atoms with E-state index in [1.807, 2.05) is 0 Å². The summed E-state index contributed by atoms with van der Waals surface area (Å²) >= 11 is 0. The molecule has 0 radical (unpaired) electrons. The second kappa shape index (κ2) is 46.4. The molecule has 1 fully saturated rings. The molecule has 1 saturated carbocycles. The van der Waals surface area contributed by atoms with Gasteiger partial charge in [0.15, 0.2) is 6.10 Å². The zero-order chi connectivity index (χ0) is 51.3. The van der Waals surface area contributed by atoms with Crippen molar-refractivity contribution in [2.75, 3.05) is 13.2 Å². The largest absolute Gasteiger partial charge is 0.472 e. The van der Waals surface area contributed by atoms with E-state index in [2.05, 4.69) is 13.8 Å². The highest BCUT2D eigenvalue weighted by molar-refractivity contribution is 7.47. The molecule has 0 aromatic heterocycles. The molecule has 1 rings (SSSR count). The molecule has 1 aliphatic carbocycles. The summed E-state index contributed by atoms with van der Waals surface area (Å²) < 4.78 is 33.8. The van der Waals surface area contributed by atoms with Crippen molar-refractivity contribution < 1.29 is 63.1 Å². The fourth-order valence-electron chi connectivity index (χ4n) is 9.53. The molecule has 0 aromatic rings. The van der Waals surface area contributed by atoms with Crippen molar-refractivity contribution in [2.45, 2.75) is 333 Å². The first-order valence-electron chi connectivity index (χ1n) is 29.3. The van der Waals surface area contributed by atoms with Gasteiger partial charge in [0.25, 0.3) is 0 Å². The SMILES string of the molecule is CCCCCCCCCCCCCCCCCCCCCCCCCCC(=O)OC(COC(=O)CCCCCCCCCCCCCCCCCCC)COP(=O)(O)OC1C(O)C(O)C(O)C(O)C1O. The second-order valence-electron chi connectivity index (χ2n) is 20.9. The van der Waals surface area contributed by atoms with Crippen LogP contribution in [0, 0.1) is 0 Å². The van der Waals surface area contributed by atoms with Crippen LogP contribution in [0.4, 0.5) is 0 Å². The van der Waals surface area contributed by atoms with Crippen LogP contribution < -0.4 is 0 Å². The fraction of sp³-hybridized carbons (Fsp3) is 0.964. The Balaban J connectivity index is 2.29. The zero-order valence-corrected chi connectivity index (χ0v) is 45.7. The van der Waals surface area contributed by atoms with Crippen molar-refractivity contribution in [1.29, 1.82) is 0 Å². The van der Waals surface area contributed by atoms with E-state index in [9.17, 15) is 44.6 Å². The number of rotatable bonds is 51. The molecule has 0 saturated heterocycles. The lowest BCUT2D eigenvalue weighted by molar-refractivity contribution is -0.220. The predicted octanol–water partition coefficient (Wildman–Crippen LogP) is 13.6. The van der Waals surface area contributed by atoms with Crippen molar-refractivity contribution in [3.05, 3.63) is 0 Å². The van der Waals surface area contributed by atoms with Gasteiger partial charge in [-0.05, 0) is 12.8 Å². The molecular formula is C56H109O13P. The molecule has 13 nitrogen and oxygen atoms in total. The molecule has 1 aliphatic rings. The number of carbonyl (C=O) groups excluding carboxylic acids is 2. The number of aliphatic hydroxyl groups excluding tert-OH is 5. The van der Waals surface area contributed by atoms with Crippen LogP contribution >= 0.6 is 7.82 Å². The number of aliphatic hydroxyl groups is 5. The minimum Gasteiger partial charge on any atom is -0.462 e. The maximum atomic E-state index is 12.9. The Hall–Kier alpha value is -1.15. The summed E-state index contributed by atoms with van der Waals surface area (Å²) in [5.74, 6) is -1.07. The Morgan fingerprint density at radius 3 is 0.943 bits per heavy atom. The number of hydrogen-bond acceptors (Lipinski definition) is 12. The quantitative estimate of drug-likeness (QED) is 0.0191. The highest BCUT2D eigenvalue weighted by atomic mass is 31.2. The predicted molar refractivity (Wildman–Crippen MR) is 281 cm³/mol. The lowest BCUT2D eigenvalue weighted by atomic mass is 9.85. The lowest BCUT2D eigenvalue weighted by Gasteiger charge is -2.41. The Morgan fingerprint density at radius 2 is 0.643 bits per heavy atom. The highest BCUT2D eigenvalue weighted by Crippen LogP contribution is 2.47. The van der Waals surface area contributed by atoms with E-state index in [1.54, 1.807) is 0 Å². The first kappa shape index (κ1) is 66.9. The lowest BCUT2D eigenvalue weighted by Crippen LogP contribution is -2.64. The van der Waals surface area contributed by atoms with Crippen LogP contribution in [-0.2, 0) is 32.7 Å². The van der Waals surface area contributed by atoms with Crippen LogP contribution in [0.2, 0.25) is 0 Å². The van der Waals surface area contributed by atoms with Crippen molar-refractivity contribution in [3.63, 3.8) is 0 Å². The van der Waals surface area contributed by atoms with Gasteiger partial charge in [-0.2, -0.15) is 0 Å². The maximum Gasteiger partial charge on any atom is 0.472 e. The van der Waals surface area contributed by atoms with Crippen molar-refractivity contribution in [3.8, 4) is 0 Å². The first-order valence-corrected chi connectivity index (χ1v) is 30.8. The van der Waals surface area contributed by atoms with E-state index in [0.717, 1.165) is 38.5 Å². The maximum absolute atomic E-state index is 12.9. The molecule has 0 amide bonds. The van der Waals surface area contributed by atoms with Crippen LogP contribution in [0.15, 0.2) is 0 Å². The molecule has 0 aliphatic heterocycles. The van der Waals surface area contributed by atoms with Crippen LogP contribution in [-0.4, -0.2) is 98.3 Å². The zero-order valence-electron chi connectivity index (χ0n) is 44.8. The van der Waals surface area contributed by atoms with E-state index in [0.29, 0.717) is 12.8 Å². The van der Waals surface area contributed by atoms with Crippen LogP contribution in [0.5, 0.6) is 0 Å². The summed E-state index contributed by atoms with van der Waals surface area (Å²) in [7, 11) is -5.12. The number of hydrogen-bond donors (Lipinski definition) is 6. The van der Waals surface area contributed by atoms with Gasteiger partial charge in [-0.25, -0.2) is 4.57 Å². The highest BCUT2D eigenvalue weighted by Gasteiger charge is 2.51.